The molecule has 1 unspecified atom stereocenters. The number of para-hydroxylation sites is 2. The van der Waals surface area contributed by atoms with Crippen molar-refractivity contribution in [1.82, 2.24) is 5.32 Å². The van der Waals surface area contributed by atoms with E-state index in [4.69, 9.17) is 4.74 Å². The van der Waals surface area contributed by atoms with Crippen LogP contribution >= 0.6 is 15.9 Å². The monoisotopic (exact) mass is 402 g/mol. The average Bonchev–Trinajstić information content (AvgIpc) is 2.60. The van der Waals surface area contributed by atoms with Gasteiger partial charge in [-0.2, -0.15) is 0 Å². The predicted octanol–water partition coefficient (Wildman–Crippen LogP) is 3.27. The fourth-order valence-corrected chi connectivity index (χ4v) is 3.19. The average molecular weight is 403 g/mol. The quantitative estimate of drug-likeness (QED) is 0.834. The number of benzene rings is 2. The van der Waals surface area contributed by atoms with Crippen molar-refractivity contribution in [2.24, 2.45) is 0 Å². The largest absolute Gasteiger partial charge is 0.479 e. The van der Waals surface area contributed by atoms with E-state index in [1.54, 1.807) is 11.8 Å². The van der Waals surface area contributed by atoms with Crippen LogP contribution in [0, 0.1) is 0 Å². The number of anilines is 1. The molecule has 0 spiro atoms. The number of nitrogens with zero attached hydrogens (tertiary/aromatic N) is 1. The zero-order valence-electron chi connectivity index (χ0n) is 13.9. The maximum absolute atomic E-state index is 12.4. The Bertz CT molecular complexity index is 794. The number of hydrogen-bond acceptors (Lipinski definition) is 3. The maximum Gasteiger partial charge on any atom is 0.267 e. The van der Waals surface area contributed by atoms with Crippen LogP contribution < -0.4 is 15.0 Å². The van der Waals surface area contributed by atoms with Crippen LogP contribution in [0.15, 0.2) is 53.0 Å². The summed E-state index contributed by atoms with van der Waals surface area (Å²) in [5.74, 6) is 0.451. The molecule has 25 heavy (non-hydrogen) atoms. The maximum atomic E-state index is 12.4. The number of carbonyl (C=O) groups is 2. The number of ether oxygens (including phenoxy) is 1. The fraction of sp³-hybridized carbons (Fsp3) is 0.263. The van der Waals surface area contributed by atoms with E-state index in [9.17, 15) is 9.59 Å². The molecule has 0 aliphatic carbocycles. The van der Waals surface area contributed by atoms with Crippen LogP contribution in [0.25, 0.3) is 0 Å². The van der Waals surface area contributed by atoms with Gasteiger partial charge in [0.05, 0.1) is 5.69 Å². The molecule has 0 saturated heterocycles. The van der Waals surface area contributed by atoms with Crippen molar-refractivity contribution in [3.63, 3.8) is 0 Å². The topological polar surface area (TPSA) is 58.6 Å². The molecular weight excluding hydrogens is 384 g/mol. The van der Waals surface area contributed by atoms with Gasteiger partial charge in [0, 0.05) is 24.0 Å². The Morgan fingerprint density at radius 1 is 1.24 bits per heavy atom. The van der Waals surface area contributed by atoms with E-state index < -0.39 is 6.10 Å². The van der Waals surface area contributed by atoms with E-state index in [0.29, 0.717) is 24.5 Å². The highest BCUT2D eigenvalue weighted by Crippen LogP contribution is 2.33. The number of carbonyl (C=O) groups excluding carboxylic acids is 2. The minimum absolute atomic E-state index is 0.0931. The van der Waals surface area contributed by atoms with E-state index in [1.807, 2.05) is 48.5 Å². The molecule has 3 rings (SSSR count). The van der Waals surface area contributed by atoms with Crippen LogP contribution in [0.2, 0.25) is 0 Å². The summed E-state index contributed by atoms with van der Waals surface area (Å²) < 4.78 is 6.58. The standard InChI is InChI=1S/C19H19BrN2O3/c1-13-19(24)22(16-7-2-3-8-17(16)25-13)10-9-18(23)21-12-14-5-4-6-15(20)11-14/h2-8,11,13H,9-10,12H2,1H3,(H,21,23). The number of rotatable bonds is 5. The first kappa shape index (κ1) is 17.5. The third kappa shape index (κ3) is 4.20. The Labute approximate surface area is 155 Å². The highest BCUT2D eigenvalue weighted by molar-refractivity contribution is 9.10. The van der Waals surface area contributed by atoms with Crippen molar-refractivity contribution in [3.05, 3.63) is 58.6 Å². The molecule has 1 N–H and O–H groups in total. The lowest BCUT2D eigenvalue weighted by atomic mass is 10.1. The minimum Gasteiger partial charge on any atom is -0.479 e. The van der Waals surface area contributed by atoms with Gasteiger partial charge in [-0.15, -0.1) is 0 Å². The van der Waals surface area contributed by atoms with Crippen LogP contribution in [0.5, 0.6) is 5.75 Å². The molecule has 0 saturated carbocycles. The molecule has 2 aromatic rings. The third-order valence-corrected chi connectivity index (χ3v) is 4.51. The zero-order valence-corrected chi connectivity index (χ0v) is 15.5. The number of hydrogen-bond donors (Lipinski definition) is 1. The molecule has 0 radical (unpaired) electrons. The molecule has 1 aliphatic rings. The van der Waals surface area contributed by atoms with Gasteiger partial charge in [-0.3, -0.25) is 9.59 Å². The second kappa shape index (κ2) is 7.70. The minimum atomic E-state index is -0.542. The van der Waals surface area contributed by atoms with Crippen LogP contribution in [-0.4, -0.2) is 24.5 Å². The molecule has 1 atom stereocenters. The second-order valence-corrected chi connectivity index (χ2v) is 6.79. The highest BCUT2D eigenvalue weighted by atomic mass is 79.9. The molecule has 0 fully saturated rings. The van der Waals surface area contributed by atoms with Crippen molar-refractivity contribution in [1.29, 1.82) is 0 Å². The van der Waals surface area contributed by atoms with E-state index in [-0.39, 0.29) is 18.2 Å². The van der Waals surface area contributed by atoms with Gasteiger partial charge in [0.15, 0.2) is 6.10 Å². The van der Waals surface area contributed by atoms with Gasteiger partial charge in [-0.1, -0.05) is 40.2 Å². The van der Waals surface area contributed by atoms with Crippen molar-refractivity contribution in [2.75, 3.05) is 11.4 Å². The van der Waals surface area contributed by atoms with Crippen molar-refractivity contribution < 1.29 is 14.3 Å². The molecule has 0 aromatic heterocycles. The first-order valence-corrected chi connectivity index (χ1v) is 8.92. The predicted molar refractivity (Wildman–Crippen MR) is 99.5 cm³/mol. The van der Waals surface area contributed by atoms with Crippen molar-refractivity contribution in [2.45, 2.75) is 26.0 Å². The van der Waals surface area contributed by atoms with E-state index in [1.165, 1.54) is 0 Å². The summed E-state index contributed by atoms with van der Waals surface area (Å²) in [6, 6.07) is 15.2. The molecule has 0 bridgehead atoms. The summed E-state index contributed by atoms with van der Waals surface area (Å²) in [6.45, 7) is 2.51. The Morgan fingerprint density at radius 3 is 2.84 bits per heavy atom. The smallest absolute Gasteiger partial charge is 0.267 e. The van der Waals surface area contributed by atoms with Crippen LogP contribution in [-0.2, 0) is 16.1 Å². The summed E-state index contributed by atoms with van der Waals surface area (Å²) in [4.78, 5) is 26.2. The number of fused-ring (bicyclic) bond motifs is 1. The number of nitrogens with one attached hydrogen (secondary N) is 1. The van der Waals surface area contributed by atoms with Gasteiger partial charge in [0.2, 0.25) is 5.91 Å². The van der Waals surface area contributed by atoms with E-state index in [2.05, 4.69) is 21.2 Å². The van der Waals surface area contributed by atoms with Gasteiger partial charge in [0.1, 0.15) is 5.75 Å². The molecule has 130 valence electrons. The van der Waals surface area contributed by atoms with Crippen molar-refractivity contribution >= 4 is 33.4 Å². The normalized spacial score (nSPS) is 16.2. The summed E-state index contributed by atoms with van der Waals surface area (Å²) >= 11 is 3.41. The summed E-state index contributed by atoms with van der Waals surface area (Å²) in [5, 5.41) is 2.89. The van der Waals surface area contributed by atoms with Gasteiger partial charge in [0.25, 0.3) is 5.91 Å². The lowest BCUT2D eigenvalue weighted by molar-refractivity contribution is -0.125. The van der Waals surface area contributed by atoms with Crippen LogP contribution in [0.3, 0.4) is 0 Å². The molecule has 1 aliphatic heterocycles. The van der Waals surface area contributed by atoms with Gasteiger partial charge < -0.3 is 15.0 Å². The summed E-state index contributed by atoms with van der Waals surface area (Å²) in [6.07, 6.45) is -0.305. The Balaban J connectivity index is 1.59. The number of halogens is 1. The lowest BCUT2D eigenvalue weighted by Gasteiger charge is -2.32. The Hall–Kier alpha value is -2.34. The van der Waals surface area contributed by atoms with Crippen molar-refractivity contribution in [3.8, 4) is 5.75 Å². The van der Waals surface area contributed by atoms with Crippen LogP contribution in [0.1, 0.15) is 18.9 Å². The molecule has 1 heterocycles. The fourth-order valence-electron chi connectivity index (χ4n) is 2.74. The first-order chi connectivity index (χ1) is 12.0. The van der Waals surface area contributed by atoms with E-state index >= 15 is 0 Å². The molecular formula is C19H19BrN2O3. The van der Waals surface area contributed by atoms with Gasteiger partial charge in [-0.25, -0.2) is 0 Å². The Kier molecular flexibility index (Phi) is 5.38. The lowest BCUT2D eigenvalue weighted by Crippen LogP contribution is -2.45. The van der Waals surface area contributed by atoms with Crippen LogP contribution in [0.4, 0.5) is 5.69 Å². The molecule has 6 heteroatoms. The van der Waals surface area contributed by atoms with Gasteiger partial charge >= 0.3 is 0 Å². The third-order valence-electron chi connectivity index (χ3n) is 4.01. The Morgan fingerprint density at radius 2 is 2.04 bits per heavy atom. The zero-order chi connectivity index (χ0) is 17.8. The van der Waals surface area contributed by atoms with Gasteiger partial charge in [-0.05, 0) is 36.8 Å². The summed E-state index contributed by atoms with van der Waals surface area (Å²) in [5.41, 5.74) is 1.73. The first-order valence-electron chi connectivity index (χ1n) is 8.13. The van der Waals surface area contributed by atoms with E-state index in [0.717, 1.165) is 10.0 Å². The molecule has 2 amide bonds. The highest BCUT2D eigenvalue weighted by Gasteiger charge is 2.31. The molecule has 5 nitrogen and oxygen atoms in total. The number of amides is 2. The molecule has 2 aromatic carbocycles. The summed E-state index contributed by atoms with van der Waals surface area (Å²) in [7, 11) is 0. The SMILES string of the molecule is CC1Oc2ccccc2N(CCC(=O)NCc2cccc(Br)c2)C1=O. The second-order valence-electron chi connectivity index (χ2n) is 5.87.